The molecule has 1 aromatic heterocycles. The highest BCUT2D eigenvalue weighted by molar-refractivity contribution is 7.22. The summed E-state index contributed by atoms with van der Waals surface area (Å²) in [7, 11) is 1.30. The second kappa shape index (κ2) is 7.75. The highest BCUT2D eigenvalue weighted by Crippen LogP contribution is 2.31. The van der Waals surface area contributed by atoms with Crippen molar-refractivity contribution in [1.29, 1.82) is 0 Å². The fourth-order valence-electron chi connectivity index (χ4n) is 3.23. The van der Waals surface area contributed by atoms with E-state index in [2.05, 4.69) is 9.72 Å². The summed E-state index contributed by atoms with van der Waals surface area (Å²) >= 11 is 1.23. The number of carbonyl (C=O) groups is 2. The molecule has 6 nitrogen and oxygen atoms in total. The van der Waals surface area contributed by atoms with Gasteiger partial charge in [0.15, 0.2) is 10.9 Å². The molecule has 0 unspecified atom stereocenters. The summed E-state index contributed by atoms with van der Waals surface area (Å²) in [6, 6.07) is 8.43. The standard InChI is InChI=1S/C20H17F2N3O3S/c1-28-19(27)13-4-2-12(3-5-13)18(26)24-6-8-25(9-7-24)20-23-17-15(22)10-14(21)11-16(17)29-20/h2-5,10-11H,6-9H2,1H3. The number of benzene rings is 2. The molecule has 29 heavy (non-hydrogen) atoms. The molecule has 0 radical (unpaired) electrons. The van der Waals surface area contributed by atoms with Gasteiger partial charge < -0.3 is 14.5 Å². The number of anilines is 1. The number of esters is 1. The number of hydrogen-bond acceptors (Lipinski definition) is 6. The number of hydrogen-bond donors (Lipinski definition) is 0. The summed E-state index contributed by atoms with van der Waals surface area (Å²) in [5.74, 6) is -1.88. The first kappa shape index (κ1) is 19.3. The van der Waals surface area contributed by atoms with Crippen LogP contribution in [0.3, 0.4) is 0 Å². The minimum Gasteiger partial charge on any atom is -0.465 e. The molecule has 9 heteroatoms. The molecule has 0 spiro atoms. The maximum Gasteiger partial charge on any atom is 0.337 e. The van der Waals surface area contributed by atoms with Gasteiger partial charge in [-0.15, -0.1) is 0 Å². The van der Waals surface area contributed by atoms with E-state index in [4.69, 9.17) is 0 Å². The van der Waals surface area contributed by atoms with E-state index in [1.165, 1.54) is 24.5 Å². The lowest BCUT2D eigenvalue weighted by Gasteiger charge is -2.34. The van der Waals surface area contributed by atoms with Crippen molar-refractivity contribution in [3.63, 3.8) is 0 Å². The van der Waals surface area contributed by atoms with Gasteiger partial charge in [-0.2, -0.15) is 0 Å². The first-order valence-corrected chi connectivity index (χ1v) is 9.76. The number of nitrogens with zero attached hydrogens (tertiary/aromatic N) is 3. The number of fused-ring (bicyclic) bond motifs is 1. The summed E-state index contributed by atoms with van der Waals surface area (Å²) in [6.07, 6.45) is 0. The van der Waals surface area contributed by atoms with Crippen molar-refractivity contribution in [3.05, 3.63) is 59.2 Å². The number of methoxy groups -OCH3 is 1. The summed E-state index contributed by atoms with van der Waals surface area (Å²) in [5, 5.41) is 0.610. The lowest BCUT2D eigenvalue weighted by Crippen LogP contribution is -2.48. The summed E-state index contributed by atoms with van der Waals surface area (Å²) in [4.78, 5) is 32.2. The lowest BCUT2D eigenvalue weighted by molar-refractivity contribution is 0.0599. The van der Waals surface area contributed by atoms with Gasteiger partial charge in [0.2, 0.25) is 0 Å². The molecule has 1 aliphatic rings. The van der Waals surface area contributed by atoms with E-state index in [-0.39, 0.29) is 11.4 Å². The van der Waals surface area contributed by atoms with E-state index in [9.17, 15) is 18.4 Å². The van der Waals surface area contributed by atoms with E-state index in [0.29, 0.717) is 47.1 Å². The van der Waals surface area contributed by atoms with Crippen LogP contribution < -0.4 is 4.90 Å². The van der Waals surface area contributed by atoms with E-state index in [1.807, 2.05) is 4.90 Å². The van der Waals surface area contributed by atoms with Crippen LogP contribution in [0.2, 0.25) is 0 Å². The molecule has 1 fully saturated rings. The monoisotopic (exact) mass is 417 g/mol. The van der Waals surface area contributed by atoms with Gasteiger partial charge in [-0.25, -0.2) is 18.6 Å². The van der Waals surface area contributed by atoms with E-state index in [1.54, 1.807) is 29.2 Å². The molecular formula is C20H17F2N3O3S. The molecule has 0 N–H and O–H groups in total. The van der Waals surface area contributed by atoms with Crippen molar-refractivity contribution in [3.8, 4) is 0 Å². The predicted molar refractivity (Wildman–Crippen MR) is 105 cm³/mol. The van der Waals surface area contributed by atoms with Crippen molar-refractivity contribution >= 4 is 38.6 Å². The SMILES string of the molecule is COC(=O)c1ccc(C(=O)N2CCN(c3nc4c(F)cc(F)cc4s3)CC2)cc1. The van der Waals surface area contributed by atoms with Crippen LogP contribution in [-0.4, -0.2) is 55.0 Å². The predicted octanol–water partition coefficient (Wildman–Crippen LogP) is 3.32. The van der Waals surface area contributed by atoms with Crippen LogP contribution in [0.5, 0.6) is 0 Å². The van der Waals surface area contributed by atoms with Crippen molar-refractivity contribution in [1.82, 2.24) is 9.88 Å². The van der Waals surface area contributed by atoms with Crippen LogP contribution in [0.1, 0.15) is 20.7 Å². The Kier molecular flexibility index (Phi) is 5.14. The fourth-order valence-corrected chi connectivity index (χ4v) is 4.29. The maximum absolute atomic E-state index is 13.9. The minimum atomic E-state index is -0.674. The topological polar surface area (TPSA) is 62.7 Å². The Morgan fingerprint density at radius 2 is 1.69 bits per heavy atom. The highest BCUT2D eigenvalue weighted by atomic mass is 32.1. The van der Waals surface area contributed by atoms with Crippen LogP contribution in [0.4, 0.5) is 13.9 Å². The maximum atomic E-state index is 13.9. The molecule has 2 heterocycles. The summed E-state index contributed by atoms with van der Waals surface area (Å²) in [6.45, 7) is 2.03. The molecule has 3 aromatic rings. The van der Waals surface area contributed by atoms with Crippen molar-refractivity contribution < 1.29 is 23.1 Å². The number of aromatic nitrogens is 1. The molecular weight excluding hydrogens is 400 g/mol. The minimum absolute atomic E-state index is 0.126. The van der Waals surface area contributed by atoms with Gasteiger partial charge in [-0.3, -0.25) is 4.79 Å². The summed E-state index contributed by atoms with van der Waals surface area (Å²) < 4.78 is 32.4. The van der Waals surface area contributed by atoms with Crippen LogP contribution >= 0.6 is 11.3 Å². The first-order chi connectivity index (χ1) is 14.0. The highest BCUT2D eigenvalue weighted by Gasteiger charge is 2.24. The smallest absolute Gasteiger partial charge is 0.337 e. The number of piperazine rings is 1. The number of halogens is 2. The molecule has 0 atom stereocenters. The Bertz CT molecular complexity index is 1080. The number of rotatable bonds is 3. The third-order valence-corrected chi connectivity index (χ3v) is 5.86. The van der Waals surface area contributed by atoms with Crippen LogP contribution in [-0.2, 0) is 4.74 Å². The zero-order valence-electron chi connectivity index (χ0n) is 15.5. The molecule has 0 aliphatic carbocycles. The fraction of sp³-hybridized carbons (Fsp3) is 0.250. The van der Waals surface area contributed by atoms with E-state index < -0.39 is 17.6 Å². The Morgan fingerprint density at radius 1 is 1.03 bits per heavy atom. The molecule has 1 amide bonds. The molecule has 2 aromatic carbocycles. The van der Waals surface area contributed by atoms with Crippen molar-refractivity contribution in [2.24, 2.45) is 0 Å². The largest absolute Gasteiger partial charge is 0.465 e. The van der Waals surface area contributed by atoms with Crippen molar-refractivity contribution in [2.45, 2.75) is 0 Å². The number of ether oxygens (including phenoxy) is 1. The lowest BCUT2D eigenvalue weighted by atomic mass is 10.1. The number of carbonyl (C=O) groups excluding carboxylic acids is 2. The Morgan fingerprint density at radius 3 is 2.34 bits per heavy atom. The molecule has 4 rings (SSSR count). The van der Waals surface area contributed by atoms with Gasteiger partial charge in [-0.1, -0.05) is 11.3 Å². The van der Waals surface area contributed by atoms with E-state index >= 15 is 0 Å². The average molecular weight is 417 g/mol. The second-order valence-corrected chi connectivity index (χ2v) is 7.59. The molecule has 1 aliphatic heterocycles. The van der Waals surface area contributed by atoms with Gasteiger partial charge in [0.05, 0.1) is 17.4 Å². The second-order valence-electron chi connectivity index (χ2n) is 6.58. The number of amides is 1. The van der Waals surface area contributed by atoms with Gasteiger partial charge >= 0.3 is 5.97 Å². The van der Waals surface area contributed by atoms with E-state index in [0.717, 1.165) is 6.07 Å². The first-order valence-electron chi connectivity index (χ1n) is 8.94. The molecule has 0 saturated carbocycles. The van der Waals surface area contributed by atoms with Crippen LogP contribution in [0.15, 0.2) is 36.4 Å². The molecule has 150 valence electrons. The normalized spacial score (nSPS) is 14.3. The summed E-state index contributed by atoms with van der Waals surface area (Å²) in [5.41, 5.74) is 1.03. The third-order valence-electron chi connectivity index (χ3n) is 4.79. The van der Waals surface area contributed by atoms with Gasteiger partial charge in [0, 0.05) is 37.8 Å². The Balaban J connectivity index is 1.43. The number of thiazole rings is 1. The van der Waals surface area contributed by atoms with Crippen LogP contribution in [0, 0.1) is 11.6 Å². The van der Waals surface area contributed by atoms with Crippen LogP contribution in [0.25, 0.3) is 10.2 Å². The van der Waals surface area contributed by atoms with Gasteiger partial charge in [0.25, 0.3) is 5.91 Å². The molecule has 0 bridgehead atoms. The Hall–Kier alpha value is -3.07. The van der Waals surface area contributed by atoms with Gasteiger partial charge in [0.1, 0.15) is 11.3 Å². The Labute approximate surface area is 169 Å². The average Bonchev–Trinajstić information content (AvgIpc) is 3.17. The van der Waals surface area contributed by atoms with Gasteiger partial charge in [-0.05, 0) is 30.3 Å². The molecule has 1 saturated heterocycles. The van der Waals surface area contributed by atoms with Crippen molar-refractivity contribution in [2.75, 3.05) is 38.2 Å². The third kappa shape index (κ3) is 3.77. The zero-order valence-corrected chi connectivity index (χ0v) is 16.3. The zero-order chi connectivity index (χ0) is 20.5. The quantitative estimate of drug-likeness (QED) is 0.612.